The van der Waals surface area contributed by atoms with Crippen LogP contribution in [0.5, 0.6) is 28.7 Å². The summed E-state index contributed by atoms with van der Waals surface area (Å²) in [5, 5.41) is 12.9. The maximum atomic E-state index is 12.6. The van der Waals surface area contributed by atoms with Crippen LogP contribution < -0.4 is 29.0 Å². The van der Waals surface area contributed by atoms with Crippen molar-refractivity contribution in [2.24, 2.45) is 0 Å². The maximum Gasteiger partial charge on any atom is 0.262 e. The lowest BCUT2D eigenvalue weighted by Crippen LogP contribution is -2.23. The second-order valence-corrected chi connectivity index (χ2v) is 8.04. The van der Waals surface area contributed by atoms with Crippen LogP contribution in [-0.2, 0) is 11.3 Å². The Balaban J connectivity index is 1.33. The first-order valence-electron chi connectivity index (χ1n) is 11.0. The molecule has 0 aliphatic carbocycles. The largest absolute Gasteiger partial charge is 0.493 e. The molecule has 0 aromatic heterocycles. The van der Waals surface area contributed by atoms with Crippen LogP contribution >= 0.6 is 11.6 Å². The Labute approximate surface area is 213 Å². The lowest BCUT2D eigenvalue weighted by atomic mass is 10.1. The fourth-order valence-electron chi connectivity index (χ4n) is 3.38. The number of nitrogens with zero attached hydrogens (tertiary/aromatic N) is 1. The SMILES string of the molecule is COc1cc(/C=C(\C#N)C(=O)NCc2ccc3c(c2)OCO3)ccc1OCCOc1ccc(Cl)cc1. The predicted octanol–water partition coefficient (Wildman–Crippen LogP) is 4.76. The highest BCUT2D eigenvalue weighted by Crippen LogP contribution is 2.32. The van der Waals surface area contributed by atoms with Crippen molar-refractivity contribution in [2.75, 3.05) is 27.1 Å². The highest BCUT2D eigenvalue weighted by Gasteiger charge is 2.15. The Morgan fingerprint density at radius 3 is 2.58 bits per heavy atom. The van der Waals surface area contributed by atoms with Gasteiger partial charge in [-0.05, 0) is 65.7 Å². The van der Waals surface area contributed by atoms with E-state index in [0.717, 1.165) is 5.56 Å². The smallest absolute Gasteiger partial charge is 0.262 e. The van der Waals surface area contributed by atoms with Gasteiger partial charge in [0.15, 0.2) is 23.0 Å². The van der Waals surface area contributed by atoms with Crippen molar-refractivity contribution in [1.82, 2.24) is 5.32 Å². The molecule has 9 heteroatoms. The monoisotopic (exact) mass is 506 g/mol. The van der Waals surface area contributed by atoms with Crippen LogP contribution in [0.4, 0.5) is 0 Å². The molecule has 1 aliphatic heterocycles. The summed E-state index contributed by atoms with van der Waals surface area (Å²) in [5.41, 5.74) is 1.40. The van der Waals surface area contributed by atoms with Gasteiger partial charge >= 0.3 is 0 Å². The minimum atomic E-state index is -0.492. The standard InChI is InChI=1S/C27H23ClN2O6/c1-32-25-13-18(2-8-23(25)34-11-10-33-22-6-4-21(28)5-7-22)12-20(15-29)27(31)30-16-19-3-9-24-26(14-19)36-17-35-24/h2-9,12-14H,10-11,16-17H2,1H3,(H,30,31)/b20-12+. The number of amides is 1. The summed E-state index contributed by atoms with van der Waals surface area (Å²) in [7, 11) is 1.52. The number of rotatable bonds is 10. The lowest BCUT2D eigenvalue weighted by molar-refractivity contribution is -0.117. The second kappa shape index (κ2) is 11.9. The van der Waals surface area contributed by atoms with Gasteiger partial charge in [0, 0.05) is 11.6 Å². The minimum Gasteiger partial charge on any atom is -0.493 e. The second-order valence-electron chi connectivity index (χ2n) is 7.60. The first kappa shape index (κ1) is 24.8. The molecule has 36 heavy (non-hydrogen) atoms. The third-order valence-electron chi connectivity index (χ3n) is 5.18. The highest BCUT2D eigenvalue weighted by molar-refractivity contribution is 6.30. The van der Waals surface area contributed by atoms with Crippen molar-refractivity contribution in [2.45, 2.75) is 6.54 Å². The first-order valence-corrected chi connectivity index (χ1v) is 11.4. The average molecular weight is 507 g/mol. The Morgan fingerprint density at radius 1 is 1.03 bits per heavy atom. The fraction of sp³-hybridized carbons (Fsp3) is 0.185. The summed E-state index contributed by atoms with van der Waals surface area (Å²) in [4.78, 5) is 12.6. The average Bonchev–Trinajstić information content (AvgIpc) is 3.37. The molecule has 8 nitrogen and oxygen atoms in total. The molecular formula is C27H23ClN2O6. The van der Waals surface area contributed by atoms with E-state index in [1.54, 1.807) is 54.6 Å². The van der Waals surface area contributed by atoms with E-state index >= 15 is 0 Å². The maximum absolute atomic E-state index is 12.6. The number of ether oxygens (including phenoxy) is 5. The zero-order valence-electron chi connectivity index (χ0n) is 19.5. The molecule has 1 amide bonds. The van der Waals surface area contributed by atoms with Gasteiger partial charge < -0.3 is 29.0 Å². The van der Waals surface area contributed by atoms with Crippen LogP contribution in [0.15, 0.2) is 66.2 Å². The van der Waals surface area contributed by atoms with Gasteiger partial charge in [0.05, 0.1) is 7.11 Å². The number of halogens is 1. The van der Waals surface area contributed by atoms with Crippen molar-refractivity contribution in [3.63, 3.8) is 0 Å². The molecule has 0 saturated carbocycles. The number of hydrogen-bond acceptors (Lipinski definition) is 7. The summed E-state index contributed by atoms with van der Waals surface area (Å²) < 4.78 is 27.4. The van der Waals surface area contributed by atoms with Crippen molar-refractivity contribution in [3.05, 3.63) is 82.4 Å². The predicted molar refractivity (Wildman–Crippen MR) is 133 cm³/mol. The number of methoxy groups -OCH3 is 1. The van der Waals surface area contributed by atoms with E-state index in [0.29, 0.717) is 52.5 Å². The third-order valence-corrected chi connectivity index (χ3v) is 5.43. The van der Waals surface area contributed by atoms with Crippen LogP contribution in [0.2, 0.25) is 5.02 Å². The van der Waals surface area contributed by atoms with Gasteiger partial charge in [0.2, 0.25) is 6.79 Å². The molecule has 1 heterocycles. The molecule has 3 aromatic carbocycles. The summed E-state index contributed by atoms with van der Waals surface area (Å²) in [6, 6.07) is 19.6. The van der Waals surface area contributed by atoms with Gasteiger partial charge in [-0.1, -0.05) is 23.7 Å². The van der Waals surface area contributed by atoms with Gasteiger partial charge in [-0.2, -0.15) is 5.26 Å². The van der Waals surface area contributed by atoms with Gasteiger partial charge in [-0.25, -0.2) is 0 Å². The van der Waals surface area contributed by atoms with Gasteiger partial charge in [0.1, 0.15) is 30.6 Å². The molecule has 0 atom stereocenters. The lowest BCUT2D eigenvalue weighted by Gasteiger charge is -2.12. The number of nitrogens with one attached hydrogen (secondary N) is 1. The fourth-order valence-corrected chi connectivity index (χ4v) is 3.50. The van der Waals surface area contributed by atoms with E-state index < -0.39 is 5.91 Å². The topological polar surface area (TPSA) is 99.0 Å². The van der Waals surface area contributed by atoms with E-state index in [2.05, 4.69) is 5.32 Å². The molecule has 1 aliphatic rings. The van der Waals surface area contributed by atoms with Gasteiger partial charge in [0.25, 0.3) is 5.91 Å². The molecule has 3 aromatic rings. The van der Waals surface area contributed by atoms with E-state index in [-0.39, 0.29) is 18.9 Å². The van der Waals surface area contributed by atoms with Crippen molar-refractivity contribution < 1.29 is 28.5 Å². The molecule has 1 N–H and O–H groups in total. The number of nitriles is 1. The Kier molecular flexibility index (Phi) is 8.16. The van der Waals surface area contributed by atoms with Crippen molar-refractivity contribution in [3.8, 4) is 34.8 Å². The van der Waals surface area contributed by atoms with Crippen LogP contribution in [0, 0.1) is 11.3 Å². The number of benzene rings is 3. The van der Waals surface area contributed by atoms with Crippen molar-refractivity contribution >= 4 is 23.6 Å². The number of carbonyl (C=O) groups excluding carboxylic acids is 1. The minimum absolute atomic E-state index is 0.0390. The summed E-state index contributed by atoms with van der Waals surface area (Å²) in [5.74, 6) is 2.47. The van der Waals surface area contributed by atoms with E-state index in [9.17, 15) is 10.1 Å². The number of hydrogen-bond donors (Lipinski definition) is 1. The van der Waals surface area contributed by atoms with Crippen LogP contribution in [0.1, 0.15) is 11.1 Å². The quantitative estimate of drug-likeness (QED) is 0.240. The van der Waals surface area contributed by atoms with E-state index in [1.807, 2.05) is 12.1 Å². The molecule has 4 rings (SSSR count). The normalized spacial score (nSPS) is 12.0. The Bertz CT molecular complexity index is 1300. The Hall–Kier alpha value is -4.35. The molecule has 0 bridgehead atoms. The van der Waals surface area contributed by atoms with Crippen LogP contribution in [-0.4, -0.2) is 33.0 Å². The van der Waals surface area contributed by atoms with E-state index in [4.69, 9.17) is 35.3 Å². The zero-order valence-corrected chi connectivity index (χ0v) is 20.2. The zero-order chi connectivity index (χ0) is 25.3. The first-order chi connectivity index (χ1) is 17.6. The number of carbonyl (C=O) groups is 1. The highest BCUT2D eigenvalue weighted by atomic mass is 35.5. The van der Waals surface area contributed by atoms with Gasteiger partial charge in [-0.15, -0.1) is 0 Å². The molecule has 0 fully saturated rings. The molecule has 0 radical (unpaired) electrons. The molecule has 0 saturated heterocycles. The Morgan fingerprint density at radius 2 is 1.81 bits per heavy atom. The summed E-state index contributed by atoms with van der Waals surface area (Å²) >= 11 is 5.87. The summed E-state index contributed by atoms with van der Waals surface area (Å²) in [6.07, 6.45) is 1.49. The molecule has 0 spiro atoms. The summed E-state index contributed by atoms with van der Waals surface area (Å²) in [6.45, 7) is 1.04. The van der Waals surface area contributed by atoms with Crippen LogP contribution in [0.3, 0.4) is 0 Å². The van der Waals surface area contributed by atoms with Crippen molar-refractivity contribution in [1.29, 1.82) is 5.26 Å². The molecule has 184 valence electrons. The third kappa shape index (κ3) is 6.40. The van der Waals surface area contributed by atoms with E-state index in [1.165, 1.54) is 13.2 Å². The van der Waals surface area contributed by atoms with Crippen LogP contribution in [0.25, 0.3) is 6.08 Å². The molecular weight excluding hydrogens is 484 g/mol. The number of fused-ring (bicyclic) bond motifs is 1. The van der Waals surface area contributed by atoms with Gasteiger partial charge in [-0.3, -0.25) is 4.79 Å². The molecule has 0 unspecified atom stereocenters.